The van der Waals surface area contributed by atoms with Crippen molar-refractivity contribution >= 4 is 5.91 Å². The van der Waals surface area contributed by atoms with Crippen LogP contribution in [0.25, 0.3) is 0 Å². The van der Waals surface area contributed by atoms with Gasteiger partial charge in [-0.25, -0.2) is 0 Å². The van der Waals surface area contributed by atoms with Crippen LogP contribution in [-0.2, 0) is 6.18 Å². The van der Waals surface area contributed by atoms with Crippen LogP contribution in [-0.4, -0.2) is 18.0 Å². The Morgan fingerprint density at radius 3 is 2.14 bits per heavy atom. The molecule has 0 heterocycles. The lowest BCUT2D eigenvalue weighted by atomic mass is 9.90. The van der Waals surface area contributed by atoms with E-state index < -0.39 is 23.2 Å². The largest absolute Gasteiger partial charge is 0.416 e. The van der Waals surface area contributed by atoms with Crippen molar-refractivity contribution in [1.29, 1.82) is 0 Å². The summed E-state index contributed by atoms with van der Waals surface area (Å²) in [6.07, 6.45) is -3.71. The summed E-state index contributed by atoms with van der Waals surface area (Å²) in [7, 11) is 0. The van der Waals surface area contributed by atoms with Crippen molar-refractivity contribution in [3.8, 4) is 0 Å². The lowest BCUT2D eigenvalue weighted by Crippen LogP contribution is -2.52. The first kappa shape index (κ1) is 17.5. The summed E-state index contributed by atoms with van der Waals surface area (Å²) < 4.78 is 37.4. The van der Waals surface area contributed by atoms with Crippen molar-refractivity contribution in [2.24, 2.45) is 11.7 Å². The molecule has 0 aromatic heterocycles. The highest BCUT2D eigenvalue weighted by atomic mass is 19.4. The Balaban J connectivity index is 2.84. The van der Waals surface area contributed by atoms with Gasteiger partial charge in [0.05, 0.1) is 5.56 Å². The van der Waals surface area contributed by atoms with Gasteiger partial charge in [-0.15, -0.1) is 0 Å². The molecule has 1 aromatic carbocycles. The molecule has 0 aliphatic heterocycles. The van der Waals surface area contributed by atoms with E-state index in [2.05, 4.69) is 5.32 Å². The lowest BCUT2D eigenvalue weighted by molar-refractivity contribution is -0.137. The number of rotatable bonds is 5. The standard InChI is InChI=1S/C15H21F3N2O/c1-10(2)8-14(3,9-19)20-13(21)11-4-6-12(7-5-11)15(16,17)18/h4-7,10H,8-9,19H2,1-3H3,(H,20,21). The van der Waals surface area contributed by atoms with Gasteiger partial charge in [-0.3, -0.25) is 4.79 Å². The number of halogens is 3. The third kappa shape index (κ3) is 5.04. The molecule has 0 aliphatic rings. The maximum Gasteiger partial charge on any atom is 0.416 e. The maximum absolute atomic E-state index is 12.5. The van der Waals surface area contributed by atoms with Gasteiger partial charge >= 0.3 is 6.18 Å². The highest BCUT2D eigenvalue weighted by Crippen LogP contribution is 2.29. The number of alkyl halides is 3. The van der Waals surface area contributed by atoms with E-state index >= 15 is 0 Å². The third-order valence-corrected chi connectivity index (χ3v) is 3.20. The first-order valence-corrected chi connectivity index (χ1v) is 6.77. The van der Waals surface area contributed by atoms with Crippen LogP contribution in [0.2, 0.25) is 0 Å². The van der Waals surface area contributed by atoms with Gasteiger partial charge in [0.15, 0.2) is 0 Å². The molecule has 0 saturated heterocycles. The van der Waals surface area contributed by atoms with Gasteiger partial charge in [0.25, 0.3) is 5.91 Å². The van der Waals surface area contributed by atoms with Crippen molar-refractivity contribution in [2.45, 2.75) is 38.9 Å². The summed E-state index contributed by atoms with van der Waals surface area (Å²) in [6, 6.07) is 4.14. The highest BCUT2D eigenvalue weighted by Gasteiger charge is 2.31. The van der Waals surface area contributed by atoms with Crippen molar-refractivity contribution in [3.63, 3.8) is 0 Å². The fourth-order valence-electron chi connectivity index (χ4n) is 2.24. The molecule has 1 rings (SSSR count). The van der Waals surface area contributed by atoms with E-state index in [1.807, 2.05) is 20.8 Å². The minimum Gasteiger partial charge on any atom is -0.346 e. The highest BCUT2D eigenvalue weighted by molar-refractivity contribution is 5.94. The summed E-state index contributed by atoms with van der Waals surface area (Å²) in [6.45, 7) is 6.11. The monoisotopic (exact) mass is 302 g/mol. The molecule has 0 radical (unpaired) electrons. The zero-order chi connectivity index (χ0) is 16.3. The van der Waals surface area contributed by atoms with Crippen LogP contribution in [0.15, 0.2) is 24.3 Å². The third-order valence-electron chi connectivity index (χ3n) is 3.20. The van der Waals surface area contributed by atoms with E-state index in [4.69, 9.17) is 5.73 Å². The molecular weight excluding hydrogens is 281 g/mol. The Morgan fingerprint density at radius 1 is 1.24 bits per heavy atom. The molecule has 3 nitrogen and oxygen atoms in total. The molecule has 0 aliphatic carbocycles. The number of hydrogen-bond donors (Lipinski definition) is 2. The molecule has 1 aromatic rings. The Bertz CT molecular complexity index is 483. The predicted molar refractivity (Wildman–Crippen MR) is 75.8 cm³/mol. The minimum absolute atomic E-state index is 0.187. The van der Waals surface area contributed by atoms with Crippen LogP contribution in [0, 0.1) is 5.92 Å². The van der Waals surface area contributed by atoms with Crippen LogP contribution in [0.4, 0.5) is 13.2 Å². The number of carbonyl (C=O) groups excluding carboxylic acids is 1. The van der Waals surface area contributed by atoms with Gasteiger partial charge in [-0.1, -0.05) is 13.8 Å². The van der Waals surface area contributed by atoms with Crippen LogP contribution in [0.5, 0.6) is 0 Å². The number of hydrogen-bond acceptors (Lipinski definition) is 2. The zero-order valence-corrected chi connectivity index (χ0v) is 12.4. The Labute approximate surface area is 122 Å². The van der Waals surface area contributed by atoms with Crippen LogP contribution < -0.4 is 11.1 Å². The molecule has 1 amide bonds. The molecule has 1 unspecified atom stereocenters. The second kappa shape index (κ2) is 6.47. The number of amides is 1. The van der Waals surface area contributed by atoms with Crippen molar-refractivity contribution in [1.82, 2.24) is 5.32 Å². The summed E-state index contributed by atoms with van der Waals surface area (Å²) >= 11 is 0. The Kier molecular flexibility index (Phi) is 5.39. The summed E-state index contributed by atoms with van der Waals surface area (Å²) in [5.41, 5.74) is 4.54. The van der Waals surface area contributed by atoms with Gasteiger partial charge in [-0.05, 0) is 43.5 Å². The first-order valence-electron chi connectivity index (χ1n) is 6.77. The fraction of sp³-hybridized carbons (Fsp3) is 0.533. The molecule has 6 heteroatoms. The summed E-state index contributed by atoms with van der Waals surface area (Å²) in [5, 5.41) is 2.80. The number of nitrogens with one attached hydrogen (secondary N) is 1. The van der Waals surface area contributed by atoms with Gasteiger partial charge < -0.3 is 11.1 Å². The van der Waals surface area contributed by atoms with Gasteiger partial charge in [0, 0.05) is 17.6 Å². The number of nitrogens with two attached hydrogens (primary N) is 1. The van der Waals surface area contributed by atoms with Crippen LogP contribution in [0.1, 0.15) is 43.1 Å². The topological polar surface area (TPSA) is 55.1 Å². The van der Waals surface area contributed by atoms with Crippen LogP contribution in [0.3, 0.4) is 0 Å². The SMILES string of the molecule is CC(C)CC(C)(CN)NC(=O)c1ccc(C(F)(F)F)cc1. The first-order chi connectivity index (χ1) is 9.57. The average Bonchev–Trinajstić information content (AvgIpc) is 2.36. The molecular formula is C15H21F3N2O. The molecule has 0 fully saturated rings. The van der Waals surface area contributed by atoms with E-state index in [1.54, 1.807) is 0 Å². The van der Waals surface area contributed by atoms with Gasteiger partial charge in [-0.2, -0.15) is 13.2 Å². The van der Waals surface area contributed by atoms with E-state index in [9.17, 15) is 18.0 Å². The molecule has 0 saturated carbocycles. The van der Waals surface area contributed by atoms with E-state index in [0.717, 1.165) is 12.1 Å². The van der Waals surface area contributed by atoms with Gasteiger partial charge in [0.2, 0.25) is 0 Å². The maximum atomic E-state index is 12.5. The van der Waals surface area contributed by atoms with E-state index in [-0.39, 0.29) is 12.1 Å². The van der Waals surface area contributed by atoms with Gasteiger partial charge in [0.1, 0.15) is 0 Å². The van der Waals surface area contributed by atoms with Crippen LogP contribution >= 0.6 is 0 Å². The molecule has 0 spiro atoms. The van der Waals surface area contributed by atoms with Crippen molar-refractivity contribution in [2.75, 3.05) is 6.54 Å². The normalized spacial score (nSPS) is 14.9. The molecule has 118 valence electrons. The second-order valence-corrected chi connectivity index (χ2v) is 5.89. The van der Waals surface area contributed by atoms with Crippen molar-refractivity contribution in [3.05, 3.63) is 35.4 Å². The van der Waals surface area contributed by atoms with E-state index in [1.165, 1.54) is 12.1 Å². The summed E-state index contributed by atoms with van der Waals surface area (Å²) in [4.78, 5) is 12.1. The molecule has 3 N–H and O–H groups in total. The fourth-order valence-corrected chi connectivity index (χ4v) is 2.24. The molecule has 1 atom stereocenters. The predicted octanol–water partition coefficient (Wildman–Crippen LogP) is 3.20. The molecule has 0 bridgehead atoms. The zero-order valence-electron chi connectivity index (χ0n) is 12.4. The number of carbonyl (C=O) groups is 1. The van der Waals surface area contributed by atoms with Crippen molar-refractivity contribution < 1.29 is 18.0 Å². The summed E-state index contributed by atoms with van der Waals surface area (Å²) in [5.74, 6) is -0.0798. The number of benzene rings is 1. The quantitative estimate of drug-likeness (QED) is 0.877. The smallest absolute Gasteiger partial charge is 0.346 e. The Morgan fingerprint density at radius 2 is 1.76 bits per heavy atom. The Hall–Kier alpha value is -1.56. The minimum atomic E-state index is -4.40. The van der Waals surface area contributed by atoms with E-state index in [0.29, 0.717) is 12.3 Å². The lowest BCUT2D eigenvalue weighted by Gasteiger charge is -2.31. The average molecular weight is 302 g/mol. The molecule has 21 heavy (non-hydrogen) atoms. The second-order valence-electron chi connectivity index (χ2n) is 5.89.